The maximum atomic E-state index is 14.1. The van der Waals surface area contributed by atoms with E-state index in [1.165, 1.54) is 12.3 Å². The number of rotatable bonds is 5. The van der Waals surface area contributed by atoms with Gasteiger partial charge in [-0.05, 0) is 31.2 Å². The molecule has 3 heterocycles. The monoisotopic (exact) mass is 417 g/mol. The van der Waals surface area contributed by atoms with Crippen molar-refractivity contribution in [3.05, 3.63) is 70.4 Å². The summed E-state index contributed by atoms with van der Waals surface area (Å²) in [7, 11) is 0. The topological polar surface area (TPSA) is 76.2 Å². The van der Waals surface area contributed by atoms with Crippen molar-refractivity contribution in [2.24, 2.45) is 0 Å². The lowest BCUT2D eigenvalue weighted by molar-refractivity contribution is 0.0909. The Morgan fingerprint density at radius 1 is 1.28 bits per heavy atom. The SMILES string of the molecule is CC(NC(=O)c1ccco1)c1nnc2n1CCN(Cc1c(F)cccc1Cl)CC2. The summed E-state index contributed by atoms with van der Waals surface area (Å²) in [5, 5.41) is 11.9. The van der Waals surface area contributed by atoms with Crippen LogP contribution in [0.2, 0.25) is 5.02 Å². The summed E-state index contributed by atoms with van der Waals surface area (Å²) < 4.78 is 21.3. The zero-order valence-electron chi connectivity index (χ0n) is 15.9. The average Bonchev–Trinajstić information content (AvgIpc) is 3.33. The highest BCUT2D eigenvalue weighted by Crippen LogP contribution is 2.22. The van der Waals surface area contributed by atoms with E-state index in [1.54, 1.807) is 24.3 Å². The van der Waals surface area contributed by atoms with Crippen molar-refractivity contribution in [3.63, 3.8) is 0 Å². The molecule has 0 fully saturated rings. The Kier molecular flexibility index (Phi) is 5.64. The van der Waals surface area contributed by atoms with Gasteiger partial charge in [-0.3, -0.25) is 9.69 Å². The van der Waals surface area contributed by atoms with Crippen LogP contribution >= 0.6 is 11.6 Å². The van der Waals surface area contributed by atoms with E-state index in [1.807, 2.05) is 11.5 Å². The Hall–Kier alpha value is -2.71. The molecule has 1 unspecified atom stereocenters. The minimum atomic E-state index is -0.332. The van der Waals surface area contributed by atoms with Crippen molar-refractivity contribution < 1.29 is 13.6 Å². The van der Waals surface area contributed by atoms with Crippen molar-refractivity contribution in [2.75, 3.05) is 13.1 Å². The molecule has 9 heteroatoms. The highest BCUT2D eigenvalue weighted by molar-refractivity contribution is 6.31. The summed E-state index contributed by atoms with van der Waals surface area (Å²) in [6.07, 6.45) is 2.14. The third-order valence-corrected chi connectivity index (χ3v) is 5.42. The highest BCUT2D eigenvalue weighted by atomic mass is 35.5. The number of nitrogens with zero attached hydrogens (tertiary/aromatic N) is 4. The molecule has 0 saturated heterocycles. The third-order valence-electron chi connectivity index (χ3n) is 5.07. The van der Waals surface area contributed by atoms with Crippen LogP contribution in [-0.2, 0) is 19.5 Å². The van der Waals surface area contributed by atoms with Crippen molar-refractivity contribution in [2.45, 2.75) is 32.5 Å². The molecule has 0 bridgehead atoms. The van der Waals surface area contributed by atoms with Crippen LogP contribution in [0.15, 0.2) is 41.0 Å². The van der Waals surface area contributed by atoms with Crippen LogP contribution in [0.5, 0.6) is 0 Å². The van der Waals surface area contributed by atoms with Gasteiger partial charge in [0.25, 0.3) is 5.91 Å². The molecule has 1 N–H and O–H groups in total. The molecule has 3 aromatic rings. The summed E-state index contributed by atoms with van der Waals surface area (Å²) in [5.41, 5.74) is 0.506. The van der Waals surface area contributed by atoms with Crippen LogP contribution in [0.1, 0.15) is 40.7 Å². The van der Waals surface area contributed by atoms with E-state index in [0.717, 1.165) is 12.4 Å². The van der Waals surface area contributed by atoms with E-state index in [0.29, 0.717) is 42.5 Å². The molecule has 0 saturated carbocycles. The van der Waals surface area contributed by atoms with Gasteiger partial charge in [-0.1, -0.05) is 17.7 Å². The number of nitrogens with one attached hydrogen (secondary N) is 1. The molecule has 1 aromatic carbocycles. The van der Waals surface area contributed by atoms with E-state index in [2.05, 4.69) is 20.4 Å². The van der Waals surface area contributed by atoms with E-state index < -0.39 is 0 Å². The Morgan fingerprint density at radius 3 is 2.90 bits per heavy atom. The Labute approximate surface area is 172 Å². The lowest BCUT2D eigenvalue weighted by Crippen LogP contribution is -2.30. The molecule has 0 radical (unpaired) electrons. The molecule has 0 aliphatic carbocycles. The van der Waals surface area contributed by atoms with Crippen molar-refractivity contribution in [1.29, 1.82) is 0 Å². The molecule has 152 valence electrons. The Balaban J connectivity index is 1.44. The number of amides is 1. The molecule has 1 aliphatic heterocycles. The Morgan fingerprint density at radius 2 is 2.14 bits per heavy atom. The predicted molar refractivity (Wildman–Crippen MR) is 105 cm³/mol. The molecule has 1 aliphatic rings. The zero-order valence-corrected chi connectivity index (χ0v) is 16.7. The second-order valence-corrected chi connectivity index (χ2v) is 7.43. The second-order valence-electron chi connectivity index (χ2n) is 7.02. The fraction of sp³-hybridized carbons (Fsp3) is 0.350. The molecular formula is C20H21ClFN5O2. The van der Waals surface area contributed by atoms with Crippen molar-refractivity contribution in [1.82, 2.24) is 25.0 Å². The quantitative estimate of drug-likeness (QED) is 0.689. The van der Waals surface area contributed by atoms with Crippen LogP contribution in [0.3, 0.4) is 0 Å². The van der Waals surface area contributed by atoms with Gasteiger partial charge in [0.2, 0.25) is 0 Å². The molecule has 0 spiro atoms. The number of hydrogen-bond donors (Lipinski definition) is 1. The fourth-order valence-electron chi connectivity index (χ4n) is 3.51. The lowest BCUT2D eigenvalue weighted by Gasteiger charge is -2.21. The van der Waals surface area contributed by atoms with Gasteiger partial charge in [0.05, 0.1) is 12.3 Å². The number of halogens is 2. The van der Waals surface area contributed by atoms with Gasteiger partial charge in [0, 0.05) is 43.2 Å². The van der Waals surface area contributed by atoms with E-state index in [-0.39, 0.29) is 23.5 Å². The normalized spacial score (nSPS) is 15.6. The molecule has 2 aromatic heterocycles. The van der Waals surface area contributed by atoms with E-state index in [4.69, 9.17) is 16.0 Å². The molecular weight excluding hydrogens is 397 g/mol. The van der Waals surface area contributed by atoms with Gasteiger partial charge in [0.1, 0.15) is 11.6 Å². The Bertz CT molecular complexity index is 984. The molecule has 1 atom stereocenters. The molecule has 29 heavy (non-hydrogen) atoms. The van der Waals surface area contributed by atoms with E-state index in [9.17, 15) is 9.18 Å². The summed E-state index contributed by atoms with van der Waals surface area (Å²) in [5.74, 6) is 1.19. The van der Waals surface area contributed by atoms with Crippen LogP contribution in [-0.4, -0.2) is 38.7 Å². The number of carbonyl (C=O) groups excluding carboxylic acids is 1. The number of hydrogen-bond acceptors (Lipinski definition) is 5. The van der Waals surface area contributed by atoms with Gasteiger partial charge in [-0.15, -0.1) is 10.2 Å². The van der Waals surface area contributed by atoms with Crippen LogP contribution in [0.25, 0.3) is 0 Å². The molecule has 4 rings (SSSR count). The second kappa shape index (κ2) is 8.34. The van der Waals surface area contributed by atoms with E-state index >= 15 is 0 Å². The number of fused-ring (bicyclic) bond motifs is 1. The van der Waals surface area contributed by atoms with Crippen molar-refractivity contribution in [3.8, 4) is 0 Å². The number of furan rings is 1. The summed E-state index contributed by atoms with van der Waals surface area (Å²) in [6, 6.07) is 7.68. The van der Waals surface area contributed by atoms with Crippen molar-refractivity contribution >= 4 is 17.5 Å². The highest BCUT2D eigenvalue weighted by Gasteiger charge is 2.24. The van der Waals surface area contributed by atoms with Gasteiger partial charge in [0.15, 0.2) is 11.6 Å². The fourth-order valence-corrected chi connectivity index (χ4v) is 3.74. The standard InChI is InChI=1S/C20H21ClFN5O2/c1-13(23-20(28)17-6-3-11-29-17)19-25-24-18-7-8-26(9-10-27(18)19)12-14-15(21)4-2-5-16(14)22/h2-6,11,13H,7-10,12H2,1H3,(H,23,28). The smallest absolute Gasteiger partial charge is 0.287 e. The summed E-state index contributed by atoms with van der Waals surface area (Å²) in [6.45, 7) is 4.35. The average molecular weight is 418 g/mol. The largest absolute Gasteiger partial charge is 0.459 e. The number of benzene rings is 1. The van der Waals surface area contributed by atoms with Crippen LogP contribution in [0, 0.1) is 5.82 Å². The first kappa shape index (κ1) is 19.6. The minimum Gasteiger partial charge on any atom is -0.459 e. The maximum Gasteiger partial charge on any atom is 0.287 e. The van der Waals surface area contributed by atoms with Crippen LogP contribution in [0.4, 0.5) is 4.39 Å². The number of aromatic nitrogens is 3. The lowest BCUT2D eigenvalue weighted by atomic mass is 10.2. The maximum absolute atomic E-state index is 14.1. The molecule has 1 amide bonds. The first-order valence-corrected chi connectivity index (χ1v) is 9.82. The third kappa shape index (κ3) is 4.18. The summed E-state index contributed by atoms with van der Waals surface area (Å²) in [4.78, 5) is 14.4. The number of carbonyl (C=O) groups is 1. The molecule has 7 nitrogen and oxygen atoms in total. The first-order chi connectivity index (χ1) is 14.0. The van der Waals surface area contributed by atoms with Gasteiger partial charge in [-0.25, -0.2) is 4.39 Å². The first-order valence-electron chi connectivity index (χ1n) is 9.44. The van der Waals surface area contributed by atoms with Gasteiger partial charge >= 0.3 is 0 Å². The summed E-state index contributed by atoms with van der Waals surface area (Å²) >= 11 is 6.17. The predicted octanol–water partition coefficient (Wildman–Crippen LogP) is 3.21. The van der Waals surface area contributed by atoms with Gasteiger partial charge < -0.3 is 14.3 Å². The minimum absolute atomic E-state index is 0.250. The van der Waals surface area contributed by atoms with Gasteiger partial charge in [-0.2, -0.15) is 0 Å². The zero-order chi connectivity index (χ0) is 20.4. The van der Waals surface area contributed by atoms with Crippen LogP contribution < -0.4 is 5.32 Å².